The van der Waals surface area contributed by atoms with Gasteiger partial charge in [-0.3, -0.25) is 0 Å². The Kier molecular flexibility index (Phi) is 10.0. The molecule has 0 fully saturated rings. The van der Waals surface area contributed by atoms with E-state index in [9.17, 15) is 14.7 Å². The molecule has 1 N–H and O–H groups in total. The number of rotatable bonds is 12. The summed E-state index contributed by atoms with van der Waals surface area (Å²) in [6.45, 7) is 1.65. The van der Waals surface area contributed by atoms with Crippen LogP contribution in [0, 0.1) is 3.57 Å². The molecule has 0 atom stereocenters. The fourth-order valence-electron chi connectivity index (χ4n) is 2.98. The zero-order valence-electron chi connectivity index (χ0n) is 20.3. The summed E-state index contributed by atoms with van der Waals surface area (Å²) in [4.78, 5) is 23.5. The van der Waals surface area contributed by atoms with Crippen LogP contribution in [-0.2, 0) is 14.3 Å². The first-order chi connectivity index (χ1) is 17.8. The van der Waals surface area contributed by atoms with Crippen molar-refractivity contribution < 1.29 is 42.8 Å². The van der Waals surface area contributed by atoms with E-state index in [4.69, 9.17) is 28.1 Å². The standard InChI is InChI=1S/C24H23IN2O9S/c1-5-34-20(28)12-35-21-17(25)6-13(7-18(21)33-4)8-19(23(29)30)37-24-27-26-22(36-24)14-9-15(31-2)11-16(10-14)32-3/h6-11H,5,12H2,1-4H3,(H,29,30)/b19-8-. The lowest BCUT2D eigenvalue weighted by Crippen LogP contribution is -2.15. The van der Waals surface area contributed by atoms with Crippen LogP contribution in [0.4, 0.5) is 0 Å². The van der Waals surface area contributed by atoms with E-state index in [1.54, 1.807) is 37.3 Å². The van der Waals surface area contributed by atoms with E-state index in [1.807, 2.05) is 22.6 Å². The number of hydrogen-bond acceptors (Lipinski definition) is 11. The van der Waals surface area contributed by atoms with E-state index in [2.05, 4.69) is 10.2 Å². The number of aliphatic carboxylic acids is 1. The van der Waals surface area contributed by atoms with Gasteiger partial charge < -0.3 is 33.2 Å². The minimum absolute atomic E-state index is 0.0292. The van der Waals surface area contributed by atoms with Crippen LogP contribution in [0.1, 0.15) is 12.5 Å². The van der Waals surface area contributed by atoms with Gasteiger partial charge >= 0.3 is 11.9 Å². The maximum absolute atomic E-state index is 12.0. The number of carbonyl (C=O) groups is 2. The van der Waals surface area contributed by atoms with Crippen LogP contribution < -0.4 is 18.9 Å². The molecule has 1 heterocycles. The smallest absolute Gasteiger partial charge is 0.344 e. The highest BCUT2D eigenvalue weighted by atomic mass is 127. The highest BCUT2D eigenvalue weighted by Crippen LogP contribution is 2.37. The second kappa shape index (κ2) is 13.2. The van der Waals surface area contributed by atoms with Crippen LogP contribution in [0.5, 0.6) is 23.0 Å². The Bertz CT molecular complexity index is 1290. The van der Waals surface area contributed by atoms with Gasteiger partial charge in [-0.25, -0.2) is 9.59 Å². The van der Waals surface area contributed by atoms with Gasteiger partial charge in [0.25, 0.3) is 5.22 Å². The molecule has 0 aliphatic carbocycles. The zero-order chi connectivity index (χ0) is 26.9. The van der Waals surface area contributed by atoms with Gasteiger partial charge in [0.2, 0.25) is 5.89 Å². The molecule has 0 amide bonds. The number of methoxy groups -OCH3 is 3. The normalized spacial score (nSPS) is 11.1. The molecule has 0 unspecified atom stereocenters. The maximum Gasteiger partial charge on any atom is 0.344 e. The third kappa shape index (κ3) is 7.52. The van der Waals surface area contributed by atoms with E-state index >= 15 is 0 Å². The summed E-state index contributed by atoms with van der Waals surface area (Å²) >= 11 is 2.80. The first-order valence-electron chi connectivity index (χ1n) is 10.6. The van der Waals surface area contributed by atoms with Crippen molar-refractivity contribution in [1.82, 2.24) is 10.2 Å². The van der Waals surface area contributed by atoms with Gasteiger partial charge in [-0.05, 0) is 77.2 Å². The average Bonchev–Trinajstić information content (AvgIpc) is 3.35. The van der Waals surface area contributed by atoms with Crippen molar-refractivity contribution in [3.05, 3.63) is 44.4 Å². The number of thioether (sulfide) groups is 1. The predicted octanol–water partition coefficient (Wildman–Crippen LogP) is 4.53. The van der Waals surface area contributed by atoms with E-state index in [1.165, 1.54) is 27.4 Å². The summed E-state index contributed by atoms with van der Waals surface area (Å²) in [5, 5.41) is 17.8. The first-order valence-corrected chi connectivity index (χ1v) is 12.5. The molecule has 0 spiro atoms. The van der Waals surface area contributed by atoms with Crippen LogP contribution in [0.25, 0.3) is 17.5 Å². The van der Waals surface area contributed by atoms with Gasteiger partial charge in [-0.2, -0.15) is 0 Å². The van der Waals surface area contributed by atoms with E-state index in [-0.39, 0.29) is 29.2 Å². The van der Waals surface area contributed by atoms with Gasteiger partial charge in [0.15, 0.2) is 18.1 Å². The fourth-order valence-corrected chi connectivity index (χ4v) is 4.43. The molecule has 0 aliphatic rings. The van der Waals surface area contributed by atoms with Crippen molar-refractivity contribution in [2.24, 2.45) is 0 Å². The topological polar surface area (TPSA) is 139 Å². The quantitative estimate of drug-likeness (QED) is 0.129. The van der Waals surface area contributed by atoms with Crippen molar-refractivity contribution in [2.45, 2.75) is 12.1 Å². The summed E-state index contributed by atoms with van der Waals surface area (Å²) < 4.78 is 32.6. The number of carboxylic acid groups (broad SMARTS) is 1. The van der Waals surface area contributed by atoms with Crippen molar-refractivity contribution in [1.29, 1.82) is 0 Å². The molecule has 0 saturated heterocycles. The molecule has 2 aromatic carbocycles. The van der Waals surface area contributed by atoms with Crippen molar-refractivity contribution >= 4 is 52.4 Å². The summed E-state index contributed by atoms with van der Waals surface area (Å²) in [6.07, 6.45) is 1.44. The molecule has 37 heavy (non-hydrogen) atoms. The number of benzene rings is 2. The Morgan fingerprint density at radius 2 is 1.76 bits per heavy atom. The lowest BCUT2D eigenvalue weighted by atomic mass is 10.2. The third-order valence-corrected chi connectivity index (χ3v) is 6.26. The van der Waals surface area contributed by atoms with E-state index < -0.39 is 11.9 Å². The number of carbonyl (C=O) groups excluding carboxylic acids is 1. The monoisotopic (exact) mass is 642 g/mol. The van der Waals surface area contributed by atoms with Crippen molar-refractivity contribution in [3.63, 3.8) is 0 Å². The molecule has 1 aromatic heterocycles. The highest BCUT2D eigenvalue weighted by Gasteiger charge is 2.19. The lowest BCUT2D eigenvalue weighted by Gasteiger charge is -2.13. The number of halogens is 1. The number of esters is 1. The minimum Gasteiger partial charge on any atom is -0.497 e. The first kappa shape index (κ1) is 28.1. The SMILES string of the molecule is CCOC(=O)COc1c(I)cc(/C=C(\Sc2nnc(-c3cc(OC)cc(OC)c3)o2)C(=O)O)cc1OC. The summed E-state index contributed by atoms with van der Waals surface area (Å²) in [7, 11) is 4.48. The average molecular weight is 642 g/mol. The molecule has 0 bridgehead atoms. The van der Waals surface area contributed by atoms with Gasteiger partial charge in [0, 0.05) is 11.6 Å². The minimum atomic E-state index is -1.19. The van der Waals surface area contributed by atoms with Gasteiger partial charge in [0.1, 0.15) is 16.4 Å². The molecule has 0 aliphatic heterocycles. The van der Waals surface area contributed by atoms with Crippen LogP contribution in [0.2, 0.25) is 0 Å². The van der Waals surface area contributed by atoms with Crippen LogP contribution in [0.3, 0.4) is 0 Å². The third-order valence-electron chi connectivity index (χ3n) is 4.60. The van der Waals surface area contributed by atoms with Crippen molar-refractivity contribution in [2.75, 3.05) is 34.5 Å². The largest absolute Gasteiger partial charge is 0.497 e. The lowest BCUT2D eigenvalue weighted by molar-refractivity contribution is -0.145. The highest BCUT2D eigenvalue weighted by molar-refractivity contribution is 14.1. The zero-order valence-corrected chi connectivity index (χ0v) is 23.2. The van der Waals surface area contributed by atoms with Crippen molar-refractivity contribution in [3.8, 4) is 34.5 Å². The van der Waals surface area contributed by atoms with Crippen LogP contribution in [-0.4, -0.2) is 61.8 Å². The molecule has 11 nitrogen and oxygen atoms in total. The second-order valence-corrected chi connectivity index (χ2v) is 9.17. The Morgan fingerprint density at radius 3 is 2.35 bits per heavy atom. The summed E-state index contributed by atoms with van der Waals surface area (Å²) in [6, 6.07) is 8.36. The molecule has 3 rings (SSSR count). The number of hydrogen-bond donors (Lipinski definition) is 1. The van der Waals surface area contributed by atoms with E-state index in [0.717, 1.165) is 11.8 Å². The second-order valence-electron chi connectivity index (χ2n) is 7.02. The predicted molar refractivity (Wildman–Crippen MR) is 142 cm³/mol. The van der Waals surface area contributed by atoms with Gasteiger partial charge in [-0.1, -0.05) is 0 Å². The van der Waals surface area contributed by atoms with Crippen LogP contribution in [0.15, 0.2) is 44.9 Å². The Hall–Kier alpha value is -3.46. The molecular weight excluding hydrogens is 619 g/mol. The molecule has 196 valence electrons. The fraction of sp³-hybridized carbons (Fsp3) is 0.250. The number of carboxylic acids is 1. The van der Waals surface area contributed by atoms with E-state index in [0.29, 0.717) is 37.7 Å². The molecular formula is C24H23IN2O9S. The maximum atomic E-state index is 12.0. The number of ether oxygens (including phenoxy) is 5. The molecule has 0 radical (unpaired) electrons. The molecule has 13 heteroatoms. The summed E-state index contributed by atoms with van der Waals surface area (Å²) in [5.41, 5.74) is 1.07. The number of aromatic nitrogens is 2. The molecule has 0 saturated carbocycles. The number of nitrogens with zero attached hydrogens (tertiary/aromatic N) is 2. The van der Waals surface area contributed by atoms with Gasteiger partial charge in [0.05, 0.1) is 31.5 Å². The molecule has 3 aromatic rings. The van der Waals surface area contributed by atoms with Crippen LogP contribution >= 0.6 is 34.4 Å². The Labute approximate surface area is 230 Å². The Morgan fingerprint density at radius 1 is 1.05 bits per heavy atom. The summed E-state index contributed by atoms with van der Waals surface area (Å²) in [5.74, 6) is 0.197. The van der Waals surface area contributed by atoms with Gasteiger partial charge in [-0.15, -0.1) is 10.2 Å². The Balaban J connectivity index is 1.85.